The minimum Gasteiger partial charge on any atom is -0.490 e. The molecule has 7 nitrogen and oxygen atoms in total. The fourth-order valence-corrected chi connectivity index (χ4v) is 4.18. The van der Waals surface area contributed by atoms with Crippen molar-refractivity contribution in [3.8, 4) is 16.9 Å². The number of carbonyl (C=O) groups excluding carboxylic acids is 1. The van der Waals surface area contributed by atoms with Crippen molar-refractivity contribution in [1.29, 1.82) is 0 Å². The van der Waals surface area contributed by atoms with Crippen LogP contribution in [0.2, 0.25) is 0 Å². The molecule has 178 valence electrons. The Balaban J connectivity index is 1.36. The largest absolute Gasteiger partial charge is 0.490 e. The second-order valence-corrected chi connectivity index (χ2v) is 8.65. The van der Waals surface area contributed by atoms with Crippen LogP contribution < -0.4 is 10.1 Å². The number of hydrogen-bond acceptors (Lipinski definition) is 5. The Kier molecular flexibility index (Phi) is 7.45. The van der Waals surface area contributed by atoms with Crippen LogP contribution in [0.25, 0.3) is 17.2 Å². The Morgan fingerprint density at radius 3 is 2.41 bits per heavy atom. The normalized spacial score (nSPS) is 19.4. The predicted octanol–water partition coefficient (Wildman–Crippen LogP) is 3.75. The van der Waals surface area contributed by atoms with Gasteiger partial charge in [-0.25, -0.2) is 4.98 Å². The van der Waals surface area contributed by atoms with Crippen LogP contribution in [0.5, 0.6) is 5.75 Å². The van der Waals surface area contributed by atoms with Crippen LogP contribution in [0.1, 0.15) is 43.3 Å². The molecule has 1 aliphatic carbocycles. The number of aromatic nitrogens is 2. The van der Waals surface area contributed by atoms with Crippen molar-refractivity contribution < 1.29 is 19.7 Å². The summed E-state index contributed by atoms with van der Waals surface area (Å²) < 4.78 is 7.75. The molecule has 0 spiro atoms. The van der Waals surface area contributed by atoms with Crippen molar-refractivity contribution in [1.82, 2.24) is 14.9 Å². The summed E-state index contributed by atoms with van der Waals surface area (Å²) in [5, 5.41) is 22.4. The fourth-order valence-electron chi connectivity index (χ4n) is 4.18. The summed E-state index contributed by atoms with van der Waals surface area (Å²) in [5.74, 6) is 1.49. The quantitative estimate of drug-likeness (QED) is 0.451. The van der Waals surface area contributed by atoms with Gasteiger partial charge in [0, 0.05) is 25.4 Å². The van der Waals surface area contributed by atoms with Crippen molar-refractivity contribution in [2.24, 2.45) is 5.92 Å². The van der Waals surface area contributed by atoms with Crippen LogP contribution >= 0.6 is 0 Å². The maximum atomic E-state index is 11.6. The molecule has 0 saturated heterocycles. The molecule has 1 amide bonds. The van der Waals surface area contributed by atoms with Crippen LogP contribution in [0, 0.1) is 5.92 Å². The van der Waals surface area contributed by atoms with Crippen molar-refractivity contribution >= 4 is 12.0 Å². The number of ether oxygens (including phenoxy) is 1. The Bertz CT molecular complexity index is 1110. The standard InChI is InChI=1S/C27H31N3O4/c1-18(32)26-29-13-14-30(26)23(17-31)10-5-19-3-6-20(7-4-19)21-8-11-24(12-9-21)34-25-15-22(16-25)27(33)28-2/h3-14,18,22-23,25,31-32H,15-17H2,1-2H3,(H,28,33)/b10-5+/t18-,22?,23-,25?/m0/s1. The number of imidazole rings is 1. The first kappa shape index (κ1) is 23.7. The molecule has 2 atom stereocenters. The molecule has 3 N–H and O–H groups in total. The number of aliphatic hydroxyl groups is 2. The summed E-state index contributed by atoms with van der Waals surface area (Å²) in [6.45, 7) is 1.57. The smallest absolute Gasteiger partial charge is 0.223 e. The Morgan fingerprint density at radius 2 is 1.82 bits per heavy atom. The summed E-state index contributed by atoms with van der Waals surface area (Å²) in [6, 6.07) is 15.9. The highest BCUT2D eigenvalue weighted by Crippen LogP contribution is 2.32. The second-order valence-electron chi connectivity index (χ2n) is 8.65. The van der Waals surface area contributed by atoms with E-state index in [-0.39, 0.29) is 30.6 Å². The van der Waals surface area contributed by atoms with Gasteiger partial charge < -0.3 is 24.8 Å². The minimum atomic E-state index is -0.707. The lowest BCUT2D eigenvalue weighted by Crippen LogP contribution is -2.42. The molecule has 4 rings (SSSR count). The number of carbonyl (C=O) groups is 1. The monoisotopic (exact) mass is 461 g/mol. The van der Waals surface area contributed by atoms with Crippen molar-refractivity contribution in [3.05, 3.63) is 78.4 Å². The number of rotatable bonds is 9. The maximum Gasteiger partial charge on any atom is 0.223 e. The summed E-state index contributed by atoms with van der Waals surface area (Å²) in [4.78, 5) is 15.8. The van der Waals surface area contributed by atoms with Gasteiger partial charge in [-0.15, -0.1) is 0 Å². The van der Waals surface area contributed by atoms with E-state index in [2.05, 4.69) is 22.4 Å². The van der Waals surface area contributed by atoms with Crippen molar-refractivity contribution in [2.75, 3.05) is 13.7 Å². The SMILES string of the molecule is CNC(=O)C1CC(Oc2ccc(-c3ccc(/C=C/[C@@H](CO)n4ccnc4[C@H](C)O)cc3)cc2)C1. The van der Waals surface area contributed by atoms with Crippen LogP contribution in [0.4, 0.5) is 0 Å². The van der Waals surface area contributed by atoms with Crippen molar-refractivity contribution in [3.63, 3.8) is 0 Å². The zero-order chi connectivity index (χ0) is 24.1. The van der Waals surface area contributed by atoms with Crippen LogP contribution in [-0.4, -0.2) is 45.4 Å². The van der Waals surface area contributed by atoms with Gasteiger partial charge in [-0.3, -0.25) is 4.79 Å². The average molecular weight is 462 g/mol. The molecule has 0 unspecified atom stereocenters. The topological polar surface area (TPSA) is 96.6 Å². The van der Waals surface area contributed by atoms with Gasteiger partial charge in [0.2, 0.25) is 5.91 Å². The van der Waals surface area contributed by atoms with E-state index in [1.165, 1.54) is 0 Å². The number of amides is 1. The van der Waals surface area contributed by atoms with E-state index in [0.29, 0.717) is 5.82 Å². The molecule has 1 aliphatic rings. The first-order chi connectivity index (χ1) is 16.5. The Hall–Kier alpha value is -3.42. The number of nitrogens with one attached hydrogen (secondary N) is 1. The van der Waals surface area contributed by atoms with Gasteiger partial charge in [0.05, 0.1) is 12.6 Å². The zero-order valence-corrected chi connectivity index (χ0v) is 19.5. The summed E-state index contributed by atoms with van der Waals surface area (Å²) in [6.07, 6.45) is 8.15. The highest BCUT2D eigenvalue weighted by Gasteiger charge is 2.35. The van der Waals surface area contributed by atoms with E-state index in [1.807, 2.05) is 48.6 Å². The lowest BCUT2D eigenvalue weighted by molar-refractivity contribution is -0.130. The lowest BCUT2D eigenvalue weighted by atomic mass is 9.81. The van der Waals surface area contributed by atoms with Gasteiger partial charge >= 0.3 is 0 Å². The number of aliphatic hydroxyl groups excluding tert-OH is 2. The van der Waals surface area contributed by atoms with Gasteiger partial charge in [0.15, 0.2) is 0 Å². The lowest BCUT2D eigenvalue weighted by Gasteiger charge is -2.34. The highest BCUT2D eigenvalue weighted by molar-refractivity contribution is 5.79. The van der Waals surface area contributed by atoms with E-state index < -0.39 is 6.10 Å². The number of hydrogen-bond donors (Lipinski definition) is 3. The summed E-state index contributed by atoms with van der Waals surface area (Å²) in [5.41, 5.74) is 3.20. The molecule has 0 bridgehead atoms. The molecule has 1 fully saturated rings. The van der Waals surface area contributed by atoms with E-state index >= 15 is 0 Å². The number of nitrogens with zero attached hydrogens (tertiary/aromatic N) is 2. The molecule has 3 aromatic rings. The molecular weight excluding hydrogens is 430 g/mol. The van der Waals surface area contributed by atoms with Crippen LogP contribution in [0.3, 0.4) is 0 Å². The number of benzene rings is 2. The molecule has 1 heterocycles. The third kappa shape index (κ3) is 5.38. The molecule has 1 aromatic heterocycles. The minimum absolute atomic E-state index is 0.0646. The first-order valence-electron chi connectivity index (χ1n) is 11.6. The summed E-state index contributed by atoms with van der Waals surface area (Å²) >= 11 is 0. The molecule has 0 aliphatic heterocycles. The molecule has 0 radical (unpaired) electrons. The Morgan fingerprint density at radius 1 is 1.18 bits per heavy atom. The van der Waals surface area contributed by atoms with Crippen molar-refractivity contribution in [2.45, 2.75) is 38.0 Å². The average Bonchev–Trinajstić information content (AvgIpc) is 3.32. The Labute approximate surface area is 199 Å². The first-order valence-corrected chi connectivity index (χ1v) is 11.6. The molecule has 34 heavy (non-hydrogen) atoms. The third-order valence-corrected chi connectivity index (χ3v) is 6.24. The fraction of sp³-hybridized carbons (Fsp3) is 0.333. The molecule has 1 saturated carbocycles. The van der Waals surface area contributed by atoms with E-state index in [1.54, 1.807) is 30.9 Å². The van der Waals surface area contributed by atoms with E-state index in [4.69, 9.17) is 4.74 Å². The van der Waals surface area contributed by atoms with E-state index in [0.717, 1.165) is 35.3 Å². The molecular formula is C27H31N3O4. The van der Waals surface area contributed by atoms with Crippen LogP contribution in [-0.2, 0) is 4.79 Å². The van der Waals surface area contributed by atoms with Gasteiger partial charge in [0.1, 0.15) is 23.8 Å². The van der Waals surface area contributed by atoms with Crippen LogP contribution in [0.15, 0.2) is 67.0 Å². The van der Waals surface area contributed by atoms with Gasteiger partial charge in [-0.2, -0.15) is 0 Å². The van der Waals surface area contributed by atoms with Gasteiger partial charge in [-0.05, 0) is 48.6 Å². The van der Waals surface area contributed by atoms with E-state index in [9.17, 15) is 15.0 Å². The predicted molar refractivity (Wildman–Crippen MR) is 131 cm³/mol. The third-order valence-electron chi connectivity index (χ3n) is 6.24. The molecule has 7 heteroatoms. The zero-order valence-electron chi connectivity index (χ0n) is 19.5. The van der Waals surface area contributed by atoms with Gasteiger partial charge in [0.25, 0.3) is 0 Å². The van der Waals surface area contributed by atoms with Gasteiger partial charge in [-0.1, -0.05) is 48.6 Å². The highest BCUT2D eigenvalue weighted by atomic mass is 16.5. The maximum absolute atomic E-state index is 11.6. The second kappa shape index (κ2) is 10.7. The summed E-state index contributed by atoms with van der Waals surface area (Å²) in [7, 11) is 1.67. The molecule has 2 aromatic carbocycles.